The molecule has 0 aromatic heterocycles. The van der Waals surface area contributed by atoms with Crippen molar-refractivity contribution in [3.8, 4) is 0 Å². The zero-order valence-corrected chi connectivity index (χ0v) is 19.9. The van der Waals surface area contributed by atoms with Crippen molar-refractivity contribution in [3.63, 3.8) is 0 Å². The van der Waals surface area contributed by atoms with Gasteiger partial charge in [-0.3, -0.25) is 9.59 Å². The molecule has 2 aliphatic rings. The second kappa shape index (κ2) is 11.7. The van der Waals surface area contributed by atoms with E-state index in [0.29, 0.717) is 44.8 Å². The summed E-state index contributed by atoms with van der Waals surface area (Å²) in [6.45, 7) is 11.1. The second-order valence-electron chi connectivity index (χ2n) is 8.41. The predicted molar refractivity (Wildman–Crippen MR) is 137 cm³/mol. The zero-order valence-electron chi connectivity index (χ0n) is 19.9. The lowest BCUT2D eigenvalue weighted by Crippen LogP contribution is -2.47. The molecule has 1 aliphatic carbocycles. The van der Waals surface area contributed by atoms with Gasteiger partial charge in [-0.15, -0.1) is 6.58 Å². The van der Waals surface area contributed by atoms with E-state index < -0.39 is 0 Å². The Morgan fingerprint density at radius 2 is 2.12 bits per heavy atom. The normalized spacial score (nSPS) is 15.2. The van der Waals surface area contributed by atoms with Gasteiger partial charge in [0.1, 0.15) is 0 Å². The van der Waals surface area contributed by atoms with Crippen LogP contribution in [0.3, 0.4) is 0 Å². The first kappa shape index (κ1) is 24.5. The van der Waals surface area contributed by atoms with Crippen molar-refractivity contribution in [1.29, 1.82) is 0 Å². The van der Waals surface area contributed by atoms with Crippen LogP contribution in [0.1, 0.15) is 42.1 Å². The minimum Gasteiger partial charge on any atom is -0.360 e. The maximum absolute atomic E-state index is 13.4. The molecule has 0 saturated carbocycles. The molecule has 0 radical (unpaired) electrons. The monoisotopic (exact) mass is 448 g/mol. The number of allylic oxidation sites excluding steroid dienone is 4. The lowest BCUT2D eigenvalue weighted by Gasteiger charge is -2.39. The van der Waals surface area contributed by atoms with Gasteiger partial charge in [-0.05, 0) is 62.9 Å². The Labute approximate surface area is 197 Å². The smallest absolute Gasteiger partial charge is 0.254 e. The van der Waals surface area contributed by atoms with Crippen molar-refractivity contribution < 1.29 is 9.59 Å². The fraction of sp³-hybridized carbons (Fsp3) is 0.407. The van der Waals surface area contributed by atoms with Gasteiger partial charge in [-0.2, -0.15) is 0 Å². The SMILES string of the molecule is C=CCCN1CC(=O)N(CC2=CCC=CC=C2)c2c1ccc(C(=O)N(CC)CCCN)c2C. The van der Waals surface area contributed by atoms with Crippen LogP contribution in [-0.4, -0.2) is 56.0 Å². The highest BCUT2D eigenvalue weighted by atomic mass is 16.2. The number of hydrogen-bond donors (Lipinski definition) is 1. The van der Waals surface area contributed by atoms with Gasteiger partial charge in [0.15, 0.2) is 0 Å². The number of fused-ring (bicyclic) bond motifs is 1. The highest BCUT2D eigenvalue weighted by Gasteiger charge is 2.32. The largest absolute Gasteiger partial charge is 0.360 e. The van der Waals surface area contributed by atoms with E-state index in [1.807, 2.05) is 54.0 Å². The fourth-order valence-corrected chi connectivity index (χ4v) is 4.37. The molecule has 0 bridgehead atoms. The van der Waals surface area contributed by atoms with Crippen LogP contribution in [0.2, 0.25) is 0 Å². The van der Waals surface area contributed by atoms with Crippen molar-refractivity contribution in [2.45, 2.75) is 33.1 Å². The van der Waals surface area contributed by atoms with E-state index in [-0.39, 0.29) is 11.8 Å². The summed E-state index contributed by atoms with van der Waals surface area (Å²) < 4.78 is 0. The van der Waals surface area contributed by atoms with Gasteiger partial charge in [-0.1, -0.05) is 36.5 Å². The van der Waals surface area contributed by atoms with E-state index in [1.165, 1.54) is 0 Å². The average Bonchev–Trinajstić information content (AvgIpc) is 3.09. The molecule has 1 aromatic rings. The van der Waals surface area contributed by atoms with E-state index in [1.54, 1.807) is 0 Å². The number of hydrogen-bond acceptors (Lipinski definition) is 4. The standard InChI is InChI=1S/C27H36N4O2/c1-4-6-17-30-20-25(32)31(19-22-12-9-7-8-10-13-22)26-21(3)23(14-15-24(26)30)27(33)29(5-2)18-11-16-28/h4,7-9,12-15H,1,5-6,10-11,16-20,28H2,2-3H3. The van der Waals surface area contributed by atoms with Crippen LogP contribution in [-0.2, 0) is 4.79 Å². The molecule has 0 fully saturated rings. The van der Waals surface area contributed by atoms with E-state index in [4.69, 9.17) is 5.73 Å². The molecule has 0 atom stereocenters. The van der Waals surface area contributed by atoms with Gasteiger partial charge in [0.05, 0.1) is 24.5 Å². The molecule has 176 valence electrons. The molecule has 6 heteroatoms. The number of nitrogens with zero attached hydrogens (tertiary/aromatic N) is 3. The molecule has 1 aromatic carbocycles. The number of rotatable bonds is 10. The van der Waals surface area contributed by atoms with Gasteiger partial charge >= 0.3 is 0 Å². The molecule has 0 saturated heterocycles. The van der Waals surface area contributed by atoms with E-state index in [9.17, 15) is 9.59 Å². The summed E-state index contributed by atoms with van der Waals surface area (Å²) in [4.78, 5) is 32.5. The number of carbonyl (C=O) groups excluding carboxylic acids is 2. The fourth-order valence-electron chi connectivity index (χ4n) is 4.37. The third-order valence-electron chi connectivity index (χ3n) is 6.20. The van der Waals surface area contributed by atoms with Crippen molar-refractivity contribution >= 4 is 23.2 Å². The Morgan fingerprint density at radius 3 is 2.85 bits per heavy atom. The third kappa shape index (κ3) is 5.63. The van der Waals surface area contributed by atoms with E-state index in [0.717, 1.165) is 41.8 Å². The molecule has 1 aliphatic heterocycles. The zero-order chi connectivity index (χ0) is 23.8. The molecule has 2 amide bonds. The van der Waals surface area contributed by atoms with Crippen molar-refractivity contribution in [3.05, 3.63) is 71.9 Å². The number of carbonyl (C=O) groups is 2. The molecule has 33 heavy (non-hydrogen) atoms. The molecule has 0 spiro atoms. The summed E-state index contributed by atoms with van der Waals surface area (Å²) in [5, 5.41) is 0. The van der Waals surface area contributed by atoms with E-state index in [2.05, 4.69) is 29.7 Å². The van der Waals surface area contributed by atoms with Crippen LogP contribution < -0.4 is 15.5 Å². The van der Waals surface area contributed by atoms with Crippen molar-refractivity contribution in [2.75, 3.05) is 49.1 Å². The second-order valence-corrected chi connectivity index (χ2v) is 8.41. The molecule has 0 unspecified atom stereocenters. The van der Waals surface area contributed by atoms with Crippen molar-refractivity contribution in [1.82, 2.24) is 4.90 Å². The summed E-state index contributed by atoms with van der Waals surface area (Å²) in [6.07, 6.45) is 14.6. The number of anilines is 2. The first-order valence-electron chi connectivity index (χ1n) is 11.8. The molecule has 2 N–H and O–H groups in total. The van der Waals surface area contributed by atoms with Gasteiger partial charge in [0.2, 0.25) is 5.91 Å². The highest BCUT2D eigenvalue weighted by Crippen LogP contribution is 2.39. The number of nitrogens with two attached hydrogens (primary N) is 1. The Hall–Kier alpha value is -3.12. The van der Waals surface area contributed by atoms with Gasteiger partial charge in [0.25, 0.3) is 5.91 Å². The molecule has 6 nitrogen and oxygen atoms in total. The molecular formula is C27H36N4O2. The first-order chi connectivity index (χ1) is 16.0. The quantitative estimate of drug-likeness (QED) is 0.550. The van der Waals surface area contributed by atoms with Gasteiger partial charge in [-0.25, -0.2) is 0 Å². The lowest BCUT2D eigenvalue weighted by molar-refractivity contribution is -0.117. The molecule has 1 heterocycles. The summed E-state index contributed by atoms with van der Waals surface area (Å²) in [7, 11) is 0. The van der Waals surface area contributed by atoms with Crippen LogP contribution in [0, 0.1) is 6.92 Å². The topological polar surface area (TPSA) is 69.9 Å². The number of amides is 2. The van der Waals surface area contributed by atoms with Crippen LogP contribution in [0.5, 0.6) is 0 Å². The van der Waals surface area contributed by atoms with Crippen LogP contribution in [0.25, 0.3) is 0 Å². The Bertz CT molecular complexity index is 977. The average molecular weight is 449 g/mol. The summed E-state index contributed by atoms with van der Waals surface area (Å²) in [6, 6.07) is 3.90. The van der Waals surface area contributed by atoms with E-state index >= 15 is 0 Å². The maximum Gasteiger partial charge on any atom is 0.254 e. The maximum atomic E-state index is 13.4. The van der Waals surface area contributed by atoms with Crippen LogP contribution in [0.4, 0.5) is 11.4 Å². The van der Waals surface area contributed by atoms with Gasteiger partial charge < -0.3 is 20.4 Å². The summed E-state index contributed by atoms with van der Waals surface area (Å²) >= 11 is 0. The summed E-state index contributed by atoms with van der Waals surface area (Å²) in [5.41, 5.74) is 10.1. The molecular weight excluding hydrogens is 412 g/mol. The Kier molecular flexibility index (Phi) is 8.66. The molecule has 3 rings (SSSR count). The number of benzene rings is 1. The van der Waals surface area contributed by atoms with Crippen LogP contribution in [0.15, 0.2) is 60.7 Å². The Morgan fingerprint density at radius 1 is 1.30 bits per heavy atom. The summed E-state index contributed by atoms with van der Waals surface area (Å²) in [5.74, 6) is 0.0286. The first-order valence-corrected chi connectivity index (χ1v) is 11.8. The predicted octanol–water partition coefficient (Wildman–Crippen LogP) is 3.98. The highest BCUT2D eigenvalue weighted by molar-refractivity contribution is 6.07. The minimum absolute atomic E-state index is 0.0142. The van der Waals surface area contributed by atoms with Crippen molar-refractivity contribution in [2.24, 2.45) is 5.73 Å². The Balaban J connectivity index is 2.03. The lowest BCUT2D eigenvalue weighted by atomic mass is 9.99. The third-order valence-corrected chi connectivity index (χ3v) is 6.20. The minimum atomic E-state index is -0.0142. The van der Waals surface area contributed by atoms with Gasteiger partial charge in [0, 0.05) is 25.2 Å². The van der Waals surface area contributed by atoms with Crippen LogP contribution >= 0.6 is 0 Å².